The Balaban J connectivity index is 2.64. The van der Waals surface area contributed by atoms with Crippen LogP contribution >= 0.6 is 0 Å². The fraction of sp³-hybridized carbons (Fsp3) is 0.375. The van der Waals surface area contributed by atoms with Crippen LogP contribution in [0.1, 0.15) is 18.9 Å². The molecule has 0 heterocycles. The van der Waals surface area contributed by atoms with Crippen LogP contribution in [0.15, 0.2) is 49.6 Å². The van der Waals surface area contributed by atoms with Gasteiger partial charge in [-0.1, -0.05) is 31.2 Å². The summed E-state index contributed by atoms with van der Waals surface area (Å²) in [5, 5.41) is 0. The number of ether oxygens (including phenoxy) is 2. The first-order chi connectivity index (χ1) is 8.63. The fourth-order valence-electron chi connectivity index (χ4n) is 1.67. The lowest BCUT2D eigenvalue weighted by molar-refractivity contribution is 0.183. The Morgan fingerprint density at radius 3 is 2.72 bits per heavy atom. The summed E-state index contributed by atoms with van der Waals surface area (Å²) >= 11 is 0. The third kappa shape index (κ3) is 4.38. The van der Waals surface area contributed by atoms with Gasteiger partial charge in [-0.2, -0.15) is 0 Å². The van der Waals surface area contributed by atoms with Crippen LogP contribution in [-0.4, -0.2) is 13.7 Å². The smallest absolute Gasteiger partial charge is 0.119 e. The van der Waals surface area contributed by atoms with E-state index in [-0.39, 0.29) is 5.41 Å². The van der Waals surface area contributed by atoms with E-state index in [1.165, 1.54) is 0 Å². The highest BCUT2D eigenvalue weighted by Crippen LogP contribution is 2.25. The zero-order valence-corrected chi connectivity index (χ0v) is 11.3. The van der Waals surface area contributed by atoms with Gasteiger partial charge >= 0.3 is 0 Å². The largest absolute Gasteiger partial charge is 0.493 e. The quantitative estimate of drug-likeness (QED) is 0.646. The summed E-state index contributed by atoms with van der Waals surface area (Å²) in [4.78, 5) is 0. The molecule has 0 aromatic heterocycles. The molecule has 2 heteroatoms. The molecule has 1 atom stereocenters. The summed E-state index contributed by atoms with van der Waals surface area (Å²) in [6, 6.07) is 7.95. The molecule has 0 fully saturated rings. The highest BCUT2D eigenvalue weighted by atomic mass is 16.5. The summed E-state index contributed by atoms with van der Waals surface area (Å²) in [5.74, 6) is 0.863. The molecule has 0 N–H and O–H groups in total. The Hall–Kier alpha value is -1.54. The maximum Gasteiger partial charge on any atom is 0.119 e. The van der Waals surface area contributed by atoms with Gasteiger partial charge in [0.1, 0.15) is 5.75 Å². The maximum atomic E-state index is 5.83. The van der Waals surface area contributed by atoms with Gasteiger partial charge in [0.25, 0.3) is 0 Å². The van der Waals surface area contributed by atoms with Gasteiger partial charge in [0.05, 0.1) is 13.2 Å². The van der Waals surface area contributed by atoms with Crippen molar-refractivity contribution in [2.75, 3.05) is 13.7 Å². The van der Waals surface area contributed by atoms with E-state index in [0.717, 1.165) is 17.7 Å². The van der Waals surface area contributed by atoms with E-state index >= 15 is 0 Å². The first-order valence-corrected chi connectivity index (χ1v) is 6.09. The molecular weight excluding hydrogens is 224 g/mol. The van der Waals surface area contributed by atoms with Gasteiger partial charge in [0, 0.05) is 12.5 Å². The van der Waals surface area contributed by atoms with Crippen LogP contribution in [0.4, 0.5) is 0 Å². The minimum Gasteiger partial charge on any atom is -0.493 e. The van der Waals surface area contributed by atoms with Crippen LogP contribution in [0.2, 0.25) is 0 Å². The first kappa shape index (κ1) is 14.5. The summed E-state index contributed by atoms with van der Waals surface area (Å²) in [6.45, 7) is 10.9. The molecule has 0 radical (unpaired) electrons. The predicted molar refractivity (Wildman–Crippen MR) is 75.8 cm³/mol. The molecule has 0 aliphatic rings. The van der Waals surface area contributed by atoms with Crippen LogP contribution in [-0.2, 0) is 11.3 Å². The van der Waals surface area contributed by atoms with Crippen LogP contribution in [0, 0.1) is 5.41 Å². The Morgan fingerprint density at radius 1 is 1.33 bits per heavy atom. The standard InChI is InChI=1S/C16H22O2/c1-5-10-16(3,6-2)13-18-15-9-7-8-14(11-15)12-17-4/h5-9,11H,1-2,10,12-13H2,3-4H3. The SMILES string of the molecule is C=CCC(C)(C=C)COc1cccc(COC)c1. The van der Waals surface area contributed by atoms with E-state index in [9.17, 15) is 0 Å². The summed E-state index contributed by atoms with van der Waals surface area (Å²) < 4.78 is 10.9. The molecular formula is C16H22O2. The van der Waals surface area contributed by atoms with Crippen molar-refractivity contribution in [2.24, 2.45) is 5.41 Å². The van der Waals surface area contributed by atoms with Gasteiger partial charge in [-0.3, -0.25) is 0 Å². The molecule has 0 saturated carbocycles. The molecule has 0 amide bonds. The fourth-order valence-corrected chi connectivity index (χ4v) is 1.67. The molecule has 0 bridgehead atoms. The van der Waals surface area contributed by atoms with Crippen molar-refractivity contribution in [3.8, 4) is 5.75 Å². The minimum absolute atomic E-state index is 0.0704. The molecule has 1 rings (SSSR count). The second-order valence-corrected chi connectivity index (χ2v) is 4.72. The number of allylic oxidation sites excluding steroid dienone is 1. The minimum atomic E-state index is -0.0704. The second-order valence-electron chi connectivity index (χ2n) is 4.72. The molecule has 1 aromatic rings. The number of methoxy groups -OCH3 is 1. The topological polar surface area (TPSA) is 18.5 Å². The van der Waals surface area contributed by atoms with Crippen molar-refractivity contribution >= 4 is 0 Å². The molecule has 98 valence electrons. The van der Waals surface area contributed by atoms with Gasteiger partial charge in [-0.05, 0) is 24.1 Å². The zero-order chi connectivity index (χ0) is 13.4. The van der Waals surface area contributed by atoms with E-state index in [0.29, 0.717) is 13.2 Å². The van der Waals surface area contributed by atoms with Crippen molar-refractivity contribution in [1.29, 1.82) is 0 Å². The van der Waals surface area contributed by atoms with Gasteiger partial charge in [-0.25, -0.2) is 0 Å². The Kier molecular flexibility index (Phi) is 5.66. The monoisotopic (exact) mass is 246 g/mol. The van der Waals surface area contributed by atoms with Crippen LogP contribution in [0.25, 0.3) is 0 Å². The number of hydrogen-bond donors (Lipinski definition) is 0. The zero-order valence-electron chi connectivity index (χ0n) is 11.3. The van der Waals surface area contributed by atoms with E-state index in [1.54, 1.807) is 7.11 Å². The number of hydrogen-bond acceptors (Lipinski definition) is 2. The first-order valence-electron chi connectivity index (χ1n) is 6.09. The lowest BCUT2D eigenvalue weighted by Crippen LogP contribution is -2.21. The Labute approximate surface area is 110 Å². The molecule has 0 aliphatic carbocycles. The van der Waals surface area contributed by atoms with Crippen LogP contribution in [0.3, 0.4) is 0 Å². The third-order valence-electron chi connectivity index (χ3n) is 2.88. The third-order valence-corrected chi connectivity index (χ3v) is 2.88. The van der Waals surface area contributed by atoms with E-state index in [1.807, 2.05) is 36.4 Å². The molecule has 18 heavy (non-hydrogen) atoms. The van der Waals surface area contributed by atoms with Crippen molar-refractivity contribution < 1.29 is 9.47 Å². The molecule has 0 aliphatic heterocycles. The highest BCUT2D eigenvalue weighted by molar-refractivity contribution is 5.28. The van der Waals surface area contributed by atoms with E-state index in [2.05, 4.69) is 20.1 Å². The average Bonchev–Trinajstić information content (AvgIpc) is 2.38. The lowest BCUT2D eigenvalue weighted by atomic mass is 9.88. The molecule has 1 aromatic carbocycles. The Morgan fingerprint density at radius 2 is 2.11 bits per heavy atom. The van der Waals surface area contributed by atoms with Gasteiger partial charge in [0.15, 0.2) is 0 Å². The predicted octanol–water partition coefficient (Wildman–Crippen LogP) is 3.98. The normalized spacial score (nSPS) is 13.7. The van der Waals surface area contributed by atoms with Gasteiger partial charge < -0.3 is 9.47 Å². The van der Waals surface area contributed by atoms with Gasteiger partial charge in [-0.15, -0.1) is 13.2 Å². The average molecular weight is 246 g/mol. The number of rotatable bonds is 8. The molecule has 2 nitrogen and oxygen atoms in total. The lowest BCUT2D eigenvalue weighted by Gasteiger charge is -2.24. The van der Waals surface area contributed by atoms with Crippen LogP contribution in [0.5, 0.6) is 5.75 Å². The van der Waals surface area contributed by atoms with Crippen molar-refractivity contribution in [1.82, 2.24) is 0 Å². The molecule has 1 unspecified atom stereocenters. The molecule has 0 spiro atoms. The summed E-state index contributed by atoms with van der Waals surface area (Å²) in [6.07, 6.45) is 4.67. The highest BCUT2D eigenvalue weighted by Gasteiger charge is 2.19. The summed E-state index contributed by atoms with van der Waals surface area (Å²) in [5.41, 5.74) is 1.04. The van der Waals surface area contributed by atoms with Crippen molar-refractivity contribution in [3.63, 3.8) is 0 Å². The van der Waals surface area contributed by atoms with Crippen LogP contribution < -0.4 is 4.74 Å². The van der Waals surface area contributed by atoms with Crippen molar-refractivity contribution in [2.45, 2.75) is 20.0 Å². The van der Waals surface area contributed by atoms with E-state index in [4.69, 9.17) is 9.47 Å². The molecule has 0 saturated heterocycles. The van der Waals surface area contributed by atoms with E-state index < -0.39 is 0 Å². The second kappa shape index (κ2) is 7.02. The maximum absolute atomic E-state index is 5.83. The summed E-state index contributed by atoms with van der Waals surface area (Å²) in [7, 11) is 1.69. The van der Waals surface area contributed by atoms with Crippen molar-refractivity contribution in [3.05, 3.63) is 55.1 Å². The number of benzene rings is 1. The Bertz CT molecular complexity index is 398. The van der Waals surface area contributed by atoms with Gasteiger partial charge in [0.2, 0.25) is 0 Å².